The number of carbonyl (C=O) groups is 3. The van der Waals surface area contributed by atoms with Gasteiger partial charge in [-0.15, -0.1) is 0 Å². The third-order valence-electron chi connectivity index (χ3n) is 10.4. The third kappa shape index (κ3) is 45.9. The van der Waals surface area contributed by atoms with E-state index in [0.717, 1.165) is 122 Å². The lowest BCUT2D eigenvalue weighted by molar-refractivity contribution is -0.167. The number of carbonyl (C=O) groups excluding carboxylic acids is 3. The van der Waals surface area contributed by atoms with E-state index in [1.807, 2.05) is 0 Å². The van der Waals surface area contributed by atoms with Crippen LogP contribution in [0, 0.1) is 0 Å². The van der Waals surface area contributed by atoms with Crippen LogP contribution in [0.4, 0.5) is 0 Å². The average molecular weight is 837 g/mol. The molecule has 0 saturated heterocycles. The van der Waals surface area contributed by atoms with E-state index in [4.69, 9.17) is 14.2 Å². The van der Waals surface area contributed by atoms with Gasteiger partial charge >= 0.3 is 17.9 Å². The number of unbranched alkanes of at least 4 members (excludes halogenated alkanes) is 21. The molecule has 6 nitrogen and oxygen atoms in total. The molecule has 1 unspecified atom stereocenters. The van der Waals surface area contributed by atoms with Crippen LogP contribution in [0.3, 0.4) is 0 Å². The third-order valence-corrected chi connectivity index (χ3v) is 10.4. The Kier molecular flexibility index (Phi) is 46.0. The van der Waals surface area contributed by atoms with Gasteiger partial charge in [-0.2, -0.15) is 0 Å². The lowest BCUT2D eigenvalue weighted by Gasteiger charge is -2.18. The predicted molar refractivity (Wildman–Crippen MR) is 256 cm³/mol. The van der Waals surface area contributed by atoms with Crippen LogP contribution in [0.25, 0.3) is 0 Å². The second-order valence-electron chi connectivity index (χ2n) is 16.3. The van der Waals surface area contributed by atoms with Crippen molar-refractivity contribution in [2.24, 2.45) is 0 Å². The Bertz CT molecular complexity index is 1140. The molecule has 6 heteroatoms. The number of hydrogen-bond donors (Lipinski definition) is 0. The molecule has 0 N–H and O–H groups in total. The molecule has 0 aromatic heterocycles. The fraction of sp³-hybridized carbons (Fsp3) is 0.722. The highest BCUT2D eigenvalue weighted by Gasteiger charge is 2.19. The van der Waals surface area contributed by atoms with Gasteiger partial charge in [0.1, 0.15) is 13.2 Å². The first-order valence-corrected chi connectivity index (χ1v) is 24.9. The first-order valence-electron chi connectivity index (χ1n) is 24.9. The summed E-state index contributed by atoms with van der Waals surface area (Å²) in [7, 11) is 0. The lowest BCUT2D eigenvalue weighted by Crippen LogP contribution is -2.30. The highest BCUT2D eigenvalue weighted by atomic mass is 16.6. The van der Waals surface area contributed by atoms with Crippen molar-refractivity contribution in [2.45, 2.75) is 239 Å². The second kappa shape index (κ2) is 48.5. The van der Waals surface area contributed by atoms with Gasteiger partial charge in [0.05, 0.1) is 0 Å². The highest BCUT2D eigenvalue weighted by molar-refractivity contribution is 5.71. The van der Waals surface area contributed by atoms with E-state index in [0.29, 0.717) is 19.3 Å². The van der Waals surface area contributed by atoms with E-state index in [9.17, 15) is 14.4 Å². The van der Waals surface area contributed by atoms with Crippen molar-refractivity contribution in [3.8, 4) is 0 Å². The van der Waals surface area contributed by atoms with Crippen molar-refractivity contribution in [1.29, 1.82) is 0 Å². The summed E-state index contributed by atoms with van der Waals surface area (Å²) < 4.78 is 16.7. The maximum Gasteiger partial charge on any atom is 0.306 e. The summed E-state index contributed by atoms with van der Waals surface area (Å²) in [5, 5.41) is 0. The normalized spacial score (nSPS) is 12.7. The van der Waals surface area contributed by atoms with Gasteiger partial charge in [-0.1, -0.05) is 177 Å². The maximum atomic E-state index is 12.8. The molecule has 0 spiro atoms. The highest BCUT2D eigenvalue weighted by Crippen LogP contribution is 2.13. The Morgan fingerprint density at radius 3 is 1.08 bits per heavy atom. The monoisotopic (exact) mass is 837 g/mol. The summed E-state index contributed by atoms with van der Waals surface area (Å²) in [5.41, 5.74) is 0. The van der Waals surface area contributed by atoms with Gasteiger partial charge in [0.15, 0.2) is 6.10 Å². The van der Waals surface area contributed by atoms with Gasteiger partial charge in [-0.25, -0.2) is 0 Å². The summed E-state index contributed by atoms with van der Waals surface area (Å²) in [6.07, 6.45) is 60.2. The van der Waals surface area contributed by atoms with E-state index in [1.165, 1.54) is 70.6 Å². The van der Waals surface area contributed by atoms with Crippen molar-refractivity contribution >= 4 is 17.9 Å². The topological polar surface area (TPSA) is 78.9 Å². The van der Waals surface area contributed by atoms with Crippen LogP contribution in [0.15, 0.2) is 72.9 Å². The molecule has 0 saturated carbocycles. The second-order valence-corrected chi connectivity index (χ2v) is 16.3. The molecule has 0 radical (unpaired) electrons. The molecule has 0 rings (SSSR count). The Labute approximate surface area is 370 Å². The van der Waals surface area contributed by atoms with Crippen molar-refractivity contribution in [3.05, 3.63) is 72.9 Å². The van der Waals surface area contributed by atoms with Gasteiger partial charge in [0.25, 0.3) is 0 Å². The summed E-state index contributed by atoms with van der Waals surface area (Å²) in [6.45, 7) is 6.43. The molecule has 0 fully saturated rings. The molecule has 60 heavy (non-hydrogen) atoms. The zero-order valence-corrected chi connectivity index (χ0v) is 39.2. The fourth-order valence-electron chi connectivity index (χ4n) is 6.66. The zero-order chi connectivity index (χ0) is 43.7. The number of allylic oxidation sites excluding steroid dienone is 12. The van der Waals surface area contributed by atoms with Crippen molar-refractivity contribution in [1.82, 2.24) is 0 Å². The van der Waals surface area contributed by atoms with Crippen LogP contribution >= 0.6 is 0 Å². The number of rotatable bonds is 44. The van der Waals surface area contributed by atoms with E-state index in [-0.39, 0.29) is 31.1 Å². The first kappa shape index (κ1) is 56.9. The Balaban J connectivity index is 4.46. The molecular weight excluding hydrogens is 745 g/mol. The van der Waals surface area contributed by atoms with Crippen LogP contribution in [-0.2, 0) is 28.6 Å². The van der Waals surface area contributed by atoms with E-state index >= 15 is 0 Å². The van der Waals surface area contributed by atoms with Gasteiger partial charge in [-0.05, 0) is 109 Å². The lowest BCUT2D eigenvalue weighted by atomic mass is 10.1. The molecule has 0 aliphatic heterocycles. The minimum absolute atomic E-state index is 0.0959. The molecule has 0 amide bonds. The number of ether oxygens (including phenoxy) is 3. The molecular formula is C54H92O6. The zero-order valence-electron chi connectivity index (χ0n) is 39.2. The molecule has 1 atom stereocenters. The predicted octanol–water partition coefficient (Wildman–Crippen LogP) is 16.3. The summed E-state index contributed by atoms with van der Waals surface area (Å²) >= 11 is 0. The summed E-state index contributed by atoms with van der Waals surface area (Å²) in [5.74, 6) is -0.948. The van der Waals surface area contributed by atoms with E-state index < -0.39 is 6.10 Å². The summed E-state index contributed by atoms with van der Waals surface area (Å²) in [4.78, 5) is 37.9. The van der Waals surface area contributed by atoms with Gasteiger partial charge in [0, 0.05) is 19.3 Å². The van der Waals surface area contributed by atoms with E-state index in [2.05, 4.69) is 93.7 Å². The Morgan fingerprint density at radius 2 is 0.650 bits per heavy atom. The van der Waals surface area contributed by atoms with Crippen LogP contribution in [-0.4, -0.2) is 37.2 Å². The molecule has 0 aromatic carbocycles. The molecule has 0 aliphatic rings. The molecule has 0 bridgehead atoms. The van der Waals surface area contributed by atoms with Gasteiger partial charge in [0.2, 0.25) is 0 Å². The van der Waals surface area contributed by atoms with E-state index in [1.54, 1.807) is 0 Å². The van der Waals surface area contributed by atoms with Crippen LogP contribution in [0.2, 0.25) is 0 Å². The van der Waals surface area contributed by atoms with Crippen molar-refractivity contribution in [2.75, 3.05) is 13.2 Å². The summed E-state index contributed by atoms with van der Waals surface area (Å²) in [6, 6.07) is 0. The SMILES string of the molecule is CC/C=C\C/C=C\C/C=C\CCCCCC(=O)OCC(COC(=O)CCCCCCC/C=C\C/C=C\CCCCC)OC(=O)CCCCCCC/C=C\CCCCCCC. The molecule has 344 valence electrons. The smallest absolute Gasteiger partial charge is 0.306 e. The largest absolute Gasteiger partial charge is 0.462 e. The standard InChI is InChI=1S/C54H92O6/c1-4-7-10-13-16-19-22-25-27-30-32-35-38-41-44-47-53(56)59-50-51(49-58-52(55)46-43-40-37-34-31-28-24-21-18-15-12-9-6-3)60-54(57)48-45-42-39-36-33-29-26-23-20-17-14-11-8-5-2/h9,12,16,18-19,21,23,25-28,31,51H,4-8,10-11,13-15,17,20,22,24,29-30,32-50H2,1-3H3/b12-9-,19-16-,21-18-,26-23-,27-25-,31-28-. The minimum atomic E-state index is -0.796. The molecule has 0 heterocycles. The fourth-order valence-corrected chi connectivity index (χ4v) is 6.66. The minimum Gasteiger partial charge on any atom is -0.462 e. The quantitative estimate of drug-likeness (QED) is 0.0263. The van der Waals surface area contributed by atoms with Gasteiger partial charge < -0.3 is 14.2 Å². The van der Waals surface area contributed by atoms with Crippen LogP contribution in [0.1, 0.15) is 233 Å². The maximum absolute atomic E-state index is 12.8. The number of hydrogen-bond acceptors (Lipinski definition) is 6. The molecule has 0 aromatic rings. The average Bonchev–Trinajstić information content (AvgIpc) is 3.24. The molecule has 0 aliphatic carbocycles. The van der Waals surface area contributed by atoms with Crippen LogP contribution in [0.5, 0.6) is 0 Å². The Hall–Kier alpha value is -3.15. The van der Waals surface area contributed by atoms with Crippen molar-refractivity contribution < 1.29 is 28.6 Å². The number of esters is 3. The van der Waals surface area contributed by atoms with Crippen molar-refractivity contribution in [3.63, 3.8) is 0 Å². The first-order chi connectivity index (χ1) is 29.5. The van der Waals surface area contributed by atoms with Gasteiger partial charge in [-0.3, -0.25) is 14.4 Å². The Morgan fingerprint density at radius 1 is 0.350 bits per heavy atom. The van der Waals surface area contributed by atoms with Crippen LogP contribution < -0.4 is 0 Å².